The van der Waals surface area contributed by atoms with E-state index in [-0.39, 0.29) is 11.8 Å². The molecule has 0 saturated carbocycles. The quantitative estimate of drug-likeness (QED) is 0.892. The first-order valence-corrected chi connectivity index (χ1v) is 7.98. The van der Waals surface area contributed by atoms with Gasteiger partial charge in [0.25, 0.3) is 0 Å². The summed E-state index contributed by atoms with van der Waals surface area (Å²) in [5.74, 6) is 0.690. The van der Waals surface area contributed by atoms with Crippen molar-refractivity contribution in [2.45, 2.75) is 19.6 Å². The Morgan fingerprint density at radius 2 is 1.83 bits per heavy atom. The summed E-state index contributed by atoms with van der Waals surface area (Å²) < 4.78 is 5.79. The number of primary amides is 1. The third-order valence-corrected chi connectivity index (χ3v) is 4.25. The highest BCUT2D eigenvalue weighted by Gasteiger charge is 2.26. The molecule has 1 atom stereocenters. The largest absolute Gasteiger partial charge is 0.489 e. The van der Waals surface area contributed by atoms with Crippen LogP contribution in [-0.4, -0.2) is 23.9 Å². The highest BCUT2D eigenvalue weighted by atomic mass is 16.5. The maximum Gasteiger partial charge on any atom is 0.221 e. The molecule has 1 amide bonds. The first kappa shape index (κ1) is 15.6. The van der Waals surface area contributed by atoms with E-state index in [4.69, 9.17) is 10.5 Å². The van der Waals surface area contributed by atoms with Gasteiger partial charge < -0.3 is 10.5 Å². The Bertz CT molecular complexity index is 640. The van der Waals surface area contributed by atoms with Gasteiger partial charge in [-0.1, -0.05) is 42.5 Å². The Labute approximate surface area is 136 Å². The molecule has 1 aliphatic heterocycles. The molecular weight excluding hydrogens is 288 g/mol. The van der Waals surface area contributed by atoms with Crippen LogP contribution in [0.15, 0.2) is 54.6 Å². The van der Waals surface area contributed by atoms with Gasteiger partial charge in [-0.3, -0.25) is 9.69 Å². The number of amides is 1. The smallest absolute Gasteiger partial charge is 0.221 e. The monoisotopic (exact) mass is 310 g/mol. The lowest BCUT2D eigenvalue weighted by Gasteiger charge is -2.15. The highest BCUT2D eigenvalue weighted by molar-refractivity contribution is 5.77. The number of ether oxygens (including phenoxy) is 1. The number of rotatable bonds is 6. The predicted molar refractivity (Wildman–Crippen MR) is 89.8 cm³/mol. The average Bonchev–Trinajstić information content (AvgIpc) is 3.04. The Kier molecular flexibility index (Phi) is 4.93. The summed E-state index contributed by atoms with van der Waals surface area (Å²) >= 11 is 0. The molecule has 2 N–H and O–H groups in total. The van der Waals surface area contributed by atoms with Gasteiger partial charge in [-0.15, -0.1) is 0 Å². The van der Waals surface area contributed by atoms with Gasteiger partial charge in [-0.25, -0.2) is 0 Å². The second-order valence-electron chi connectivity index (χ2n) is 6.04. The van der Waals surface area contributed by atoms with Crippen LogP contribution in [-0.2, 0) is 17.9 Å². The minimum atomic E-state index is -0.183. The second-order valence-corrected chi connectivity index (χ2v) is 6.04. The van der Waals surface area contributed by atoms with Crippen molar-refractivity contribution in [1.82, 2.24) is 4.90 Å². The number of nitrogens with zero attached hydrogens (tertiary/aromatic N) is 1. The minimum absolute atomic E-state index is 0.00322. The van der Waals surface area contributed by atoms with E-state index in [1.807, 2.05) is 30.3 Å². The summed E-state index contributed by atoms with van der Waals surface area (Å²) in [5, 5.41) is 0. The van der Waals surface area contributed by atoms with E-state index in [2.05, 4.69) is 29.2 Å². The van der Waals surface area contributed by atoms with Crippen molar-refractivity contribution >= 4 is 5.91 Å². The van der Waals surface area contributed by atoms with Crippen molar-refractivity contribution in [3.8, 4) is 5.75 Å². The Hall–Kier alpha value is -2.33. The molecule has 4 heteroatoms. The van der Waals surface area contributed by atoms with Crippen LogP contribution < -0.4 is 10.5 Å². The van der Waals surface area contributed by atoms with Crippen LogP contribution in [0.2, 0.25) is 0 Å². The Balaban J connectivity index is 1.50. The fourth-order valence-corrected chi connectivity index (χ4v) is 2.90. The van der Waals surface area contributed by atoms with Crippen LogP contribution in [0.25, 0.3) is 0 Å². The first-order valence-electron chi connectivity index (χ1n) is 7.98. The van der Waals surface area contributed by atoms with Gasteiger partial charge in [0.1, 0.15) is 12.4 Å². The molecule has 0 aromatic heterocycles. The molecule has 0 radical (unpaired) electrons. The van der Waals surface area contributed by atoms with Crippen LogP contribution in [0.3, 0.4) is 0 Å². The third-order valence-electron chi connectivity index (χ3n) is 4.25. The van der Waals surface area contributed by atoms with Crippen LogP contribution in [0.4, 0.5) is 0 Å². The number of carbonyl (C=O) groups excluding carboxylic acids is 1. The van der Waals surface area contributed by atoms with Gasteiger partial charge in [-0.2, -0.15) is 0 Å². The van der Waals surface area contributed by atoms with E-state index < -0.39 is 0 Å². The molecule has 0 unspecified atom stereocenters. The standard InChI is InChI=1S/C19H22N2O2/c20-19(22)17-10-11-21(13-17)12-15-6-8-18(9-7-15)23-14-16-4-2-1-3-5-16/h1-9,17H,10-14H2,(H2,20,22)/t17-/m0/s1. The normalized spacial score (nSPS) is 18.0. The van der Waals surface area contributed by atoms with Crippen LogP contribution >= 0.6 is 0 Å². The van der Waals surface area contributed by atoms with Crippen molar-refractivity contribution in [2.75, 3.05) is 13.1 Å². The number of hydrogen-bond donors (Lipinski definition) is 1. The lowest BCUT2D eigenvalue weighted by molar-refractivity contribution is -0.121. The topological polar surface area (TPSA) is 55.6 Å². The zero-order valence-electron chi connectivity index (χ0n) is 13.2. The summed E-state index contributed by atoms with van der Waals surface area (Å²) in [4.78, 5) is 13.5. The van der Waals surface area contributed by atoms with E-state index in [1.165, 1.54) is 5.56 Å². The summed E-state index contributed by atoms with van der Waals surface area (Å²) in [6, 6.07) is 18.3. The Morgan fingerprint density at radius 3 is 2.48 bits per heavy atom. The van der Waals surface area contributed by atoms with Crippen LogP contribution in [0.1, 0.15) is 17.5 Å². The minimum Gasteiger partial charge on any atom is -0.489 e. The highest BCUT2D eigenvalue weighted by Crippen LogP contribution is 2.20. The summed E-state index contributed by atoms with van der Waals surface area (Å²) in [5.41, 5.74) is 7.76. The third kappa shape index (κ3) is 4.33. The molecule has 23 heavy (non-hydrogen) atoms. The van der Waals surface area contributed by atoms with Crippen molar-refractivity contribution < 1.29 is 9.53 Å². The van der Waals surface area contributed by atoms with Crippen molar-refractivity contribution in [3.63, 3.8) is 0 Å². The molecule has 3 rings (SSSR count). The van der Waals surface area contributed by atoms with Gasteiger partial charge in [0.2, 0.25) is 5.91 Å². The molecule has 1 fully saturated rings. The average molecular weight is 310 g/mol. The first-order chi connectivity index (χ1) is 11.2. The zero-order valence-corrected chi connectivity index (χ0v) is 13.2. The molecule has 1 heterocycles. The van der Waals surface area contributed by atoms with Gasteiger partial charge >= 0.3 is 0 Å². The van der Waals surface area contributed by atoms with Gasteiger partial charge in [-0.05, 0) is 36.2 Å². The summed E-state index contributed by atoms with van der Waals surface area (Å²) in [7, 11) is 0. The number of likely N-dealkylation sites (tertiary alicyclic amines) is 1. The van der Waals surface area contributed by atoms with Gasteiger partial charge in [0, 0.05) is 13.1 Å². The zero-order chi connectivity index (χ0) is 16.1. The molecule has 1 aliphatic rings. The predicted octanol–water partition coefficient (Wildman–Crippen LogP) is 2.57. The maximum absolute atomic E-state index is 11.2. The SMILES string of the molecule is NC(=O)[C@H]1CCN(Cc2ccc(OCc3ccccc3)cc2)C1. The number of benzene rings is 2. The fourth-order valence-electron chi connectivity index (χ4n) is 2.90. The molecule has 0 aliphatic carbocycles. The molecule has 1 saturated heterocycles. The molecule has 0 bridgehead atoms. The van der Waals surface area contributed by atoms with Gasteiger partial charge in [0.15, 0.2) is 0 Å². The molecular formula is C19H22N2O2. The molecule has 120 valence electrons. The lowest BCUT2D eigenvalue weighted by Crippen LogP contribution is -2.27. The number of carbonyl (C=O) groups is 1. The van der Waals surface area contributed by atoms with E-state index in [9.17, 15) is 4.79 Å². The van der Waals surface area contributed by atoms with Gasteiger partial charge in [0.05, 0.1) is 5.92 Å². The van der Waals surface area contributed by atoms with Crippen LogP contribution in [0.5, 0.6) is 5.75 Å². The summed E-state index contributed by atoms with van der Waals surface area (Å²) in [6.07, 6.45) is 0.869. The molecule has 2 aromatic rings. The number of hydrogen-bond acceptors (Lipinski definition) is 3. The van der Waals surface area contributed by atoms with E-state index in [1.54, 1.807) is 0 Å². The lowest BCUT2D eigenvalue weighted by atomic mass is 10.1. The number of nitrogens with two attached hydrogens (primary N) is 1. The van der Waals surface area contributed by atoms with E-state index >= 15 is 0 Å². The molecule has 2 aromatic carbocycles. The molecule has 0 spiro atoms. The fraction of sp³-hybridized carbons (Fsp3) is 0.316. The Morgan fingerprint density at radius 1 is 1.09 bits per heavy atom. The van der Waals surface area contributed by atoms with Crippen molar-refractivity contribution in [3.05, 3.63) is 65.7 Å². The maximum atomic E-state index is 11.2. The van der Waals surface area contributed by atoms with E-state index in [0.717, 1.165) is 37.4 Å². The van der Waals surface area contributed by atoms with E-state index in [0.29, 0.717) is 6.61 Å². The van der Waals surface area contributed by atoms with Crippen molar-refractivity contribution in [1.29, 1.82) is 0 Å². The van der Waals surface area contributed by atoms with Crippen molar-refractivity contribution in [2.24, 2.45) is 11.7 Å². The summed E-state index contributed by atoms with van der Waals surface area (Å²) in [6.45, 7) is 3.12. The molecule has 4 nitrogen and oxygen atoms in total. The second kappa shape index (κ2) is 7.29. The van der Waals surface area contributed by atoms with Crippen LogP contribution in [0, 0.1) is 5.92 Å².